The minimum absolute atomic E-state index is 0.436. The smallest absolute Gasteiger partial charge is 0.257 e. The second kappa shape index (κ2) is 5.03. The summed E-state index contributed by atoms with van der Waals surface area (Å²) in [5.74, 6) is 1.64. The third-order valence-electron chi connectivity index (χ3n) is 4.08. The van der Waals surface area contributed by atoms with E-state index in [1.54, 1.807) is 6.20 Å². The van der Waals surface area contributed by atoms with E-state index < -0.39 is 0 Å². The van der Waals surface area contributed by atoms with Gasteiger partial charge in [0.15, 0.2) is 0 Å². The number of nitrogens with zero attached hydrogens (tertiary/aromatic N) is 6. The summed E-state index contributed by atoms with van der Waals surface area (Å²) in [7, 11) is 0. The van der Waals surface area contributed by atoms with Crippen LogP contribution in [0.1, 0.15) is 24.1 Å². The van der Waals surface area contributed by atoms with Crippen molar-refractivity contribution in [3.63, 3.8) is 0 Å². The van der Waals surface area contributed by atoms with Crippen LogP contribution in [0.25, 0.3) is 5.57 Å². The maximum absolute atomic E-state index is 10.1. The van der Waals surface area contributed by atoms with Gasteiger partial charge in [-0.1, -0.05) is 13.0 Å². The van der Waals surface area contributed by atoms with E-state index in [0.29, 0.717) is 19.0 Å². The summed E-state index contributed by atoms with van der Waals surface area (Å²) in [6.45, 7) is 3.82. The van der Waals surface area contributed by atoms with Gasteiger partial charge in [0.2, 0.25) is 18.2 Å². The number of aryl methyl sites for hydroxylation is 1. The van der Waals surface area contributed by atoms with E-state index in [9.17, 15) is 5.21 Å². The summed E-state index contributed by atoms with van der Waals surface area (Å²) in [5, 5.41) is 11.3. The van der Waals surface area contributed by atoms with Gasteiger partial charge in [0.25, 0.3) is 5.69 Å². The predicted octanol–water partition coefficient (Wildman–Crippen LogP) is 0.811. The molecule has 22 heavy (non-hydrogen) atoms. The summed E-state index contributed by atoms with van der Waals surface area (Å²) in [5.41, 5.74) is 3.02. The molecule has 0 unspecified atom stereocenters. The van der Waals surface area contributed by atoms with Gasteiger partial charge in [-0.15, -0.1) is 0 Å². The minimum atomic E-state index is 0.436. The number of hydrogen-bond acceptors (Lipinski definition) is 5. The Morgan fingerprint density at radius 2 is 2.27 bits per heavy atom. The zero-order valence-electron chi connectivity index (χ0n) is 12.3. The van der Waals surface area contributed by atoms with E-state index in [2.05, 4.69) is 31.0 Å². The largest absolute Gasteiger partial charge is 0.330 e. The maximum Gasteiger partial charge on any atom is 0.257 e. The van der Waals surface area contributed by atoms with Crippen LogP contribution in [-0.4, -0.2) is 32.5 Å². The Balaban J connectivity index is 1.79. The molecule has 0 saturated carbocycles. The molecule has 0 aromatic carbocycles. The second-order valence-electron chi connectivity index (χ2n) is 5.37. The van der Waals surface area contributed by atoms with Crippen LogP contribution in [0.5, 0.6) is 0 Å². The number of hydrogen-bond donors (Lipinski definition) is 1. The van der Waals surface area contributed by atoms with Crippen LogP contribution in [0.4, 0.5) is 5.82 Å². The van der Waals surface area contributed by atoms with Gasteiger partial charge in [-0.3, -0.25) is 5.21 Å². The molecular weight excluding hydrogens is 280 g/mol. The van der Waals surface area contributed by atoms with Crippen molar-refractivity contribution >= 4 is 17.6 Å². The van der Waals surface area contributed by atoms with Gasteiger partial charge in [-0.05, 0) is 0 Å². The van der Waals surface area contributed by atoms with Gasteiger partial charge >= 0.3 is 0 Å². The Hall–Kier alpha value is -2.54. The van der Waals surface area contributed by atoms with E-state index in [0.717, 1.165) is 35.8 Å². The average molecular weight is 297 g/mol. The predicted molar refractivity (Wildman–Crippen MR) is 80.7 cm³/mol. The number of aliphatic imine (C=N–C) groups is 1. The van der Waals surface area contributed by atoms with Crippen LogP contribution in [0.15, 0.2) is 29.7 Å². The average Bonchev–Trinajstić information content (AvgIpc) is 3.18. The molecule has 7 heteroatoms. The van der Waals surface area contributed by atoms with E-state index >= 15 is 0 Å². The third kappa shape index (κ3) is 1.93. The topological polar surface area (TPSA) is 70.4 Å². The van der Waals surface area contributed by atoms with Crippen molar-refractivity contribution in [2.45, 2.75) is 26.6 Å². The lowest BCUT2D eigenvalue weighted by molar-refractivity contribution is -0.693. The number of allylic oxidation sites excluding steroid dienone is 1. The molecule has 0 aliphatic carbocycles. The fourth-order valence-electron chi connectivity index (χ4n) is 2.99. The van der Waals surface area contributed by atoms with Crippen LogP contribution < -0.4 is 9.63 Å². The fraction of sp³-hybridized carbons (Fsp3) is 0.333. The molecule has 112 valence electrons. The zero-order valence-corrected chi connectivity index (χ0v) is 12.3. The minimum Gasteiger partial charge on any atom is -0.330 e. The molecule has 2 aromatic heterocycles. The normalized spacial score (nSPS) is 15.7. The Bertz CT molecular complexity index is 791. The van der Waals surface area contributed by atoms with Gasteiger partial charge < -0.3 is 4.57 Å². The Morgan fingerprint density at radius 3 is 3.14 bits per heavy atom. The van der Waals surface area contributed by atoms with Crippen LogP contribution in [-0.2, 0) is 19.6 Å². The first-order valence-electron chi connectivity index (χ1n) is 7.36. The first kappa shape index (κ1) is 13.1. The summed E-state index contributed by atoms with van der Waals surface area (Å²) in [4.78, 5) is 13.1. The van der Waals surface area contributed by atoms with Gasteiger partial charge in [-0.2, -0.15) is 4.57 Å². The van der Waals surface area contributed by atoms with Crippen molar-refractivity contribution in [1.82, 2.24) is 14.5 Å². The second-order valence-corrected chi connectivity index (χ2v) is 5.37. The van der Waals surface area contributed by atoms with Gasteiger partial charge in [-0.25, -0.2) is 20.0 Å². The number of rotatable bonds is 3. The highest BCUT2D eigenvalue weighted by molar-refractivity contribution is 5.78. The van der Waals surface area contributed by atoms with Crippen molar-refractivity contribution in [2.24, 2.45) is 4.99 Å². The molecular formula is C15H17N6O+. The highest BCUT2D eigenvalue weighted by atomic mass is 16.5. The monoisotopic (exact) mass is 297 g/mol. The van der Waals surface area contributed by atoms with Gasteiger partial charge in [0.1, 0.15) is 18.2 Å². The molecule has 0 fully saturated rings. The van der Waals surface area contributed by atoms with Crippen LogP contribution >= 0.6 is 0 Å². The third-order valence-corrected chi connectivity index (χ3v) is 4.08. The summed E-state index contributed by atoms with van der Waals surface area (Å²) in [6.07, 6.45) is 10.3. The molecule has 2 aliphatic heterocycles. The highest BCUT2D eigenvalue weighted by Crippen LogP contribution is 2.28. The highest BCUT2D eigenvalue weighted by Gasteiger charge is 2.32. The van der Waals surface area contributed by atoms with E-state index in [4.69, 9.17) is 0 Å². The van der Waals surface area contributed by atoms with Crippen LogP contribution in [0.3, 0.4) is 0 Å². The van der Waals surface area contributed by atoms with E-state index in [1.165, 1.54) is 5.06 Å². The molecule has 0 radical (unpaired) electrons. The molecule has 7 nitrogen and oxygen atoms in total. The lowest BCUT2D eigenvalue weighted by atomic mass is 10.1. The van der Waals surface area contributed by atoms with Gasteiger partial charge in [0.05, 0.1) is 13.1 Å². The molecule has 0 atom stereocenters. The van der Waals surface area contributed by atoms with Crippen molar-refractivity contribution < 1.29 is 9.77 Å². The Kier molecular flexibility index (Phi) is 3.00. The molecule has 0 spiro atoms. The first-order chi connectivity index (χ1) is 10.8. The Labute approximate surface area is 127 Å². The molecule has 2 aromatic rings. The number of anilines is 1. The molecule has 4 rings (SSSR count). The van der Waals surface area contributed by atoms with Crippen LogP contribution in [0.2, 0.25) is 0 Å². The number of aromatic nitrogens is 4. The summed E-state index contributed by atoms with van der Waals surface area (Å²) >= 11 is 0. The standard InChI is InChI=1S/C15H17N6O/c1-2-13-17-4-6-19(13)9-11-3-5-21(22)15-14(11)20-10-16-7-12(20)8-18-15/h3-4,6-8,22H,2,5,9-10H2,1H3/q+1. The van der Waals surface area contributed by atoms with Crippen molar-refractivity contribution in [3.8, 4) is 0 Å². The van der Waals surface area contributed by atoms with E-state index in [-0.39, 0.29) is 0 Å². The molecule has 0 amide bonds. The molecule has 1 N–H and O–H groups in total. The number of fused-ring (bicyclic) bond motifs is 3. The maximum atomic E-state index is 10.1. The summed E-state index contributed by atoms with van der Waals surface area (Å²) < 4.78 is 4.22. The lowest BCUT2D eigenvalue weighted by Gasteiger charge is -2.22. The van der Waals surface area contributed by atoms with Crippen molar-refractivity contribution in [2.75, 3.05) is 11.6 Å². The molecule has 4 heterocycles. The lowest BCUT2D eigenvalue weighted by Crippen LogP contribution is -2.43. The van der Waals surface area contributed by atoms with Crippen LogP contribution in [0, 0.1) is 0 Å². The molecule has 2 aliphatic rings. The Morgan fingerprint density at radius 1 is 1.36 bits per heavy atom. The molecule has 0 saturated heterocycles. The number of hydroxylamine groups is 1. The number of imidazole rings is 1. The molecule has 0 bridgehead atoms. The SMILES string of the molecule is CCc1nccn1CC1=CCN(O)c2ncc3[n+](c21)CN=C3. The van der Waals surface area contributed by atoms with E-state index in [1.807, 2.05) is 24.7 Å². The zero-order chi connectivity index (χ0) is 15.1. The van der Waals surface area contributed by atoms with Crippen molar-refractivity contribution in [3.05, 3.63) is 41.9 Å². The first-order valence-corrected chi connectivity index (χ1v) is 7.36. The summed E-state index contributed by atoms with van der Waals surface area (Å²) in [6, 6.07) is 0. The quantitative estimate of drug-likeness (QED) is 0.851. The van der Waals surface area contributed by atoms with Gasteiger partial charge in [0, 0.05) is 24.4 Å². The fourth-order valence-corrected chi connectivity index (χ4v) is 2.99. The van der Waals surface area contributed by atoms with Crippen molar-refractivity contribution in [1.29, 1.82) is 0 Å².